The second kappa shape index (κ2) is 8.12. The molecule has 0 amide bonds. The van der Waals surface area contributed by atoms with E-state index in [4.69, 9.17) is 15.2 Å². The molecule has 0 unspecified atom stereocenters. The van der Waals surface area contributed by atoms with Gasteiger partial charge in [-0.15, -0.1) is 0 Å². The van der Waals surface area contributed by atoms with Crippen molar-refractivity contribution in [1.29, 1.82) is 0 Å². The van der Waals surface area contributed by atoms with Gasteiger partial charge in [-0.1, -0.05) is 0 Å². The summed E-state index contributed by atoms with van der Waals surface area (Å²) < 4.78 is 11.2. The largest absolute Gasteiger partial charge is 0.497 e. The number of nitrogens with two attached hydrogens (primary N) is 1. The van der Waals surface area contributed by atoms with Crippen LogP contribution in [0.25, 0.3) is 0 Å². The first-order chi connectivity index (χ1) is 9.83. The Balaban J connectivity index is 1.81. The van der Waals surface area contributed by atoms with Gasteiger partial charge in [-0.05, 0) is 69.1 Å². The van der Waals surface area contributed by atoms with E-state index in [0.29, 0.717) is 6.54 Å². The van der Waals surface area contributed by atoms with Crippen molar-refractivity contribution in [2.75, 3.05) is 39.9 Å². The molecule has 112 valence electrons. The van der Waals surface area contributed by atoms with E-state index < -0.39 is 0 Å². The summed E-state index contributed by atoms with van der Waals surface area (Å²) in [5, 5.41) is 0. The third-order valence-corrected chi connectivity index (χ3v) is 3.76. The van der Waals surface area contributed by atoms with E-state index in [1.54, 1.807) is 7.11 Å². The molecular weight excluding hydrogens is 252 g/mol. The Hall–Kier alpha value is -1.26. The van der Waals surface area contributed by atoms with Crippen molar-refractivity contribution in [3.63, 3.8) is 0 Å². The van der Waals surface area contributed by atoms with Gasteiger partial charge in [0, 0.05) is 6.54 Å². The molecular formula is C16H26N2O2. The summed E-state index contributed by atoms with van der Waals surface area (Å²) in [6.45, 7) is 5.03. The number of likely N-dealkylation sites (tertiary alicyclic amines) is 1. The molecule has 1 heterocycles. The van der Waals surface area contributed by atoms with Crippen molar-refractivity contribution in [3.8, 4) is 11.5 Å². The Bertz CT molecular complexity index is 403. The normalized spacial score (nSPS) is 15.5. The second-order valence-corrected chi connectivity index (χ2v) is 5.26. The van der Waals surface area contributed by atoms with E-state index in [0.717, 1.165) is 43.1 Å². The maximum absolute atomic E-state index is 5.91. The van der Waals surface area contributed by atoms with Gasteiger partial charge >= 0.3 is 0 Å². The minimum Gasteiger partial charge on any atom is -0.497 e. The number of nitrogens with zero attached hydrogens (tertiary/aromatic N) is 1. The minimum absolute atomic E-state index is 0.622. The molecule has 0 atom stereocenters. The molecule has 0 saturated carbocycles. The summed E-state index contributed by atoms with van der Waals surface area (Å²) in [6.07, 6.45) is 4.59. The summed E-state index contributed by atoms with van der Waals surface area (Å²) >= 11 is 0. The highest BCUT2D eigenvalue weighted by Crippen LogP contribution is 2.24. The average Bonchev–Trinajstić information content (AvgIpc) is 2.98. The lowest BCUT2D eigenvalue weighted by Gasteiger charge is -2.16. The molecule has 4 heteroatoms. The predicted molar refractivity (Wildman–Crippen MR) is 81.5 cm³/mol. The zero-order valence-electron chi connectivity index (χ0n) is 12.4. The summed E-state index contributed by atoms with van der Waals surface area (Å²) in [7, 11) is 1.68. The first kappa shape index (κ1) is 15.1. The van der Waals surface area contributed by atoms with Crippen LogP contribution in [0.15, 0.2) is 18.2 Å². The first-order valence-corrected chi connectivity index (χ1v) is 7.55. The van der Waals surface area contributed by atoms with E-state index in [2.05, 4.69) is 4.90 Å². The topological polar surface area (TPSA) is 47.7 Å². The van der Waals surface area contributed by atoms with Gasteiger partial charge in [0.25, 0.3) is 0 Å². The van der Waals surface area contributed by atoms with Crippen molar-refractivity contribution < 1.29 is 9.47 Å². The van der Waals surface area contributed by atoms with Gasteiger partial charge in [-0.25, -0.2) is 0 Å². The molecule has 4 nitrogen and oxygen atoms in total. The van der Waals surface area contributed by atoms with Crippen LogP contribution in [0.4, 0.5) is 0 Å². The molecule has 1 aromatic carbocycles. The number of hydrogen-bond donors (Lipinski definition) is 1. The SMILES string of the molecule is COc1ccc(OCCCN2CCCC2)c(CCN)c1. The Kier molecular flexibility index (Phi) is 6.15. The van der Waals surface area contributed by atoms with Crippen LogP contribution < -0.4 is 15.2 Å². The molecule has 1 saturated heterocycles. The lowest BCUT2D eigenvalue weighted by molar-refractivity contribution is 0.261. The smallest absolute Gasteiger partial charge is 0.122 e. The maximum Gasteiger partial charge on any atom is 0.122 e. The van der Waals surface area contributed by atoms with E-state index >= 15 is 0 Å². The number of ether oxygens (including phenoxy) is 2. The van der Waals surface area contributed by atoms with Gasteiger partial charge in [0.15, 0.2) is 0 Å². The third-order valence-electron chi connectivity index (χ3n) is 3.76. The molecule has 1 aromatic rings. The summed E-state index contributed by atoms with van der Waals surface area (Å²) in [6, 6.07) is 5.94. The van der Waals surface area contributed by atoms with Crippen molar-refractivity contribution in [2.24, 2.45) is 5.73 Å². The Morgan fingerprint density at radius 3 is 2.75 bits per heavy atom. The van der Waals surface area contributed by atoms with Crippen LogP contribution in [0, 0.1) is 0 Å². The van der Waals surface area contributed by atoms with Crippen molar-refractivity contribution in [3.05, 3.63) is 23.8 Å². The van der Waals surface area contributed by atoms with E-state index in [-0.39, 0.29) is 0 Å². The quantitative estimate of drug-likeness (QED) is 0.740. The number of rotatable bonds is 8. The number of methoxy groups -OCH3 is 1. The van der Waals surface area contributed by atoms with Gasteiger partial charge in [0.2, 0.25) is 0 Å². The first-order valence-electron chi connectivity index (χ1n) is 7.55. The molecule has 0 bridgehead atoms. The minimum atomic E-state index is 0.622. The number of benzene rings is 1. The number of hydrogen-bond acceptors (Lipinski definition) is 4. The molecule has 2 N–H and O–H groups in total. The Morgan fingerprint density at radius 1 is 1.25 bits per heavy atom. The zero-order valence-corrected chi connectivity index (χ0v) is 12.4. The van der Waals surface area contributed by atoms with Crippen LogP contribution >= 0.6 is 0 Å². The molecule has 1 aliphatic rings. The van der Waals surface area contributed by atoms with Gasteiger partial charge in [-0.2, -0.15) is 0 Å². The van der Waals surface area contributed by atoms with Crippen LogP contribution in [0.5, 0.6) is 11.5 Å². The average molecular weight is 278 g/mol. The zero-order chi connectivity index (χ0) is 14.2. The van der Waals surface area contributed by atoms with E-state index in [1.807, 2.05) is 18.2 Å². The lowest BCUT2D eigenvalue weighted by atomic mass is 10.1. The highest BCUT2D eigenvalue weighted by Gasteiger charge is 2.11. The monoisotopic (exact) mass is 278 g/mol. The highest BCUT2D eigenvalue weighted by molar-refractivity contribution is 5.40. The molecule has 0 radical (unpaired) electrons. The van der Waals surface area contributed by atoms with Gasteiger partial charge in [0.05, 0.1) is 13.7 Å². The summed E-state index contributed by atoms with van der Waals surface area (Å²) in [5.74, 6) is 1.80. The van der Waals surface area contributed by atoms with Crippen molar-refractivity contribution in [1.82, 2.24) is 4.90 Å². The fourth-order valence-electron chi connectivity index (χ4n) is 2.65. The van der Waals surface area contributed by atoms with Crippen LogP contribution in [0.1, 0.15) is 24.8 Å². The van der Waals surface area contributed by atoms with E-state index in [1.165, 1.54) is 25.9 Å². The molecule has 2 rings (SSSR count). The predicted octanol–water partition coefficient (Wildman–Crippen LogP) is 2.06. The Labute approximate surface area is 121 Å². The second-order valence-electron chi connectivity index (χ2n) is 5.26. The molecule has 1 fully saturated rings. The molecule has 1 aliphatic heterocycles. The standard InChI is InChI=1S/C16H26N2O2/c1-19-15-5-6-16(14(13-15)7-8-17)20-12-4-11-18-9-2-3-10-18/h5-6,13H,2-4,7-12,17H2,1H3. The van der Waals surface area contributed by atoms with E-state index in [9.17, 15) is 0 Å². The fourth-order valence-corrected chi connectivity index (χ4v) is 2.65. The van der Waals surface area contributed by atoms with Crippen molar-refractivity contribution in [2.45, 2.75) is 25.7 Å². The molecule has 20 heavy (non-hydrogen) atoms. The lowest BCUT2D eigenvalue weighted by Crippen LogP contribution is -2.22. The maximum atomic E-state index is 5.91. The summed E-state index contributed by atoms with van der Waals surface area (Å²) in [5.41, 5.74) is 6.79. The van der Waals surface area contributed by atoms with Crippen LogP contribution in [0.3, 0.4) is 0 Å². The molecule has 0 aromatic heterocycles. The van der Waals surface area contributed by atoms with Gasteiger partial charge in [-0.3, -0.25) is 0 Å². The van der Waals surface area contributed by atoms with Crippen LogP contribution in [-0.2, 0) is 6.42 Å². The van der Waals surface area contributed by atoms with Crippen LogP contribution in [0.2, 0.25) is 0 Å². The Morgan fingerprint density at radius 2 is 2.05 bits per heavy atom. The fraction of sp³-hybridized carbons (Fsp3) is 0.625. The summed E-state index contributed by atoms with van der Waals surface area (Å²) in [4.78, 5) is 2.51. The van der Waals surface area contributed by atoms with Gasteiger partial charge in [0.1, 0.15) is 11.5 Å². The highest BCUT2D eigenvalue weighted by atomic mass is 16.5. The van der Waals surface area contributed by atoms with Gasteiger partial charge < -0.3 is 20.1 Å². The van der Waals surface area contributed by atoms with Crippen LogP contribution in [-0.4, -0.2) is 44.8 Å². The molecule has 0 spiro atoms. The third kappa shape index (κ3) is 4.39. The van der Waals surface area contributed by atoms with Crippen molar-refractivity contribution >= 4 is 0 Å². The molecule has 0 aliphatic carbocycles.